The Morgan fingerprint density at radius 2 is 2.36 bits per heavy atom. The van der Waals surface area contributed by atoms with Crippen molar-refractivity contribution in [1.82, 2.24) is 0 Å². The number of hydrogen-bond acceptors (Lipinski definition) is 3. The first-order chi connectivity index (χ1) is 6.84. The predicted molar refractivity (Wildman–Crippen MR) is 49.7 cm³/mol. The highest BCUT2D eigenvalue weighted by atomic mass is 16.5. The van der Waals surface area contributed by atoms with Crippen LogP contribution >= 0.6 is 0 Å². The van der Waals surface area contributed by atoms with Gasteiger partial charge in [-0.3, -0.25) is 0 Å². The highest BCUT2D eigenvalue weighted by Crippen LogP contribution is 2.44. The van der Waals surface area contributed by atoms with E-state index in [-0.39, 0.29) is 12.0 Å². The van der Waals surface area contributed by atoms with E-state index in [0.717, 1.165) is 19.3 Å². The number of ether oxygens (including phenoxy) is 1. The summed E-state index contributed by atoms with van der Waals surface area (Å²) in [6.07, 6.45) is 4.98. The Hall–Kier alpha value is -0.800. The van der Waals surface area contributed by atoms with Gasteiger partial charge in [0.1, 0.15) is 11.9 Å². The maximum absolute atomic E-state index is 10.1. The molecule has 3 heterocycles. The van der Waals surface area contributed by atoms with E-state index >= 15 is 0 Å². The molecular weight excluding hydrogens is 180 g/mol. The fourth-order valence-electron chi connectivity index (χ4n) is 2.68. The summed E-state index contributed by atoms with van der Waals surface area (Å²) >= 11 is 0. The summed E-state index contributed by atoms with van der Waals surface area (Å²) in [5.41, 5.74) is 0. The van der Waals surface area contributed by atoms with Crippen LogP contribution in [0, 0.1) is 5.92 Å². The lowest BCUT2D eigenvalue weighted by atomic mass is 9.84. The molecule has 2 saturated heterocycles. The first-order valence-corrected chi connectivity index (χ1v) is 5.21. The van der Waals surface area contributed by atoms with Crippen molar-refractivity contribution < 1.29 is 14.3 Å². The Balaban J connectivity index is 1.77. The monoisotopic (exact) mass is 194 g/mol. The van der Waals surface area contributed by atoms with Crippen LogP contribution in [0.4, 0.5) is 0 Å². The molecule has 2 bridgehead atoms. The molecule has 2 aliphatic rings. The van der Waals surface area contributed by atoms with Crippen molar-refractivity contribution in [2.45, 2.75) is 37.6 Å². The fourth-order valence-corrected chi connectivity index (χ4v) is 2.68. The van der Waals surface area contributed by atoms with Gasteiger partial charge in [-0.1, -0.05) is 0 Å². The largest absolute Gasteiger partial charge is 0.467 e. The smallest absolute Gasteiger partial charge is 0.132 e. The Morgan fingerprint density at radius 3 is 2.93 bits per heavy atom. The molecule has 3 nitrogen and oxygen atoms in total. The molecule has 4 unspecified atom stereocenters. The van der Waals surface area contributed by atoms with Gasteiger partial charge in [-0.15, -0.1) is 0 Å². The highest BCUT2D eigenvalue weighted by molar-refractivity contribution is 5.06. The molecule has 14 heavy (non-hydrogen) atoms. The zero-order valence-corrected chi connectivity index (χ0v) is 7.93. The lowest BCUT2D eigenvalue weighted by molar-refractivity contribution is 0.0316. The normalized spacial score (nSPS) is 37.6. The fraction of sp³-hybridized carbons (Fsp3) is 0.636. The van der Waals surface area contributed by atoms with Crippen LogP contribution in [0.2, 0.25) is 0 Å². The van der Waals surface area contributed by atoms with Crippen LogP contribution < -0.4 is 0 Å². The lowest BCUT2D eigenvalue weighted by Gasteiger charge is -2.22. The molecule has 4 atom stereocenters. The minimum atomic E-state index is -0.486. The van der Waals surface area contributed by atoms with E-state index in [1.165, 1.54) is 0 Å². The van der Waals surface area contributed by atoms with E-state index in [4.69, 9.17) is 9.15 Å². The van der Waals surface area contributed by atoms with E-state index in [1.807, 2.05) is 12.1 Å². The van der Waals surface area contributed by atoms with Crippen LogP contribution in [0.1, 0.15) is 31.1 Å². The molecular formula is C11H14O3. The van der Waals surface area contributed by atoms with Gasteiger partial charge in [0.05, 0.1) is 18.5 Å². The van der Waals surface area contributed by atoms with Gasteiger partial charge in [-0.2, -0.15) is 0 Å². The third kappa shape index (κ3) is 1.20. The Bertz CT molecular complexity index is 306. The first-order valence-electron chi connectivity index (χ1n) is 5.21. The summed E-state index contributed by atoms with van der Waals surface area (Å²) < 4.78 is 10.9. The maximum atomic E-state index is 10.1. The second-order valence-electron chi connectivity index (χ2n) is 4.23. The van der Waals surface area contributed by atoms with Crippen molar-refractivity contribution in [2.75, 3.05) is 0 Å². The minimum Gasteiger partial charge on any atom is -0.467 e. The van der Waals surface area contributed by atoms with Crippen molar-refractivity contribution in [3.8, 4) is 0 Å². The van der Waals surface area contributed by atoms with Gasteiger partial charge >= 0.3 is 0 Å². The molecule has 0 spiro atoms. The van der Waals surface area contributed by atoms with Gasteiger partial charge in [0.15, 0.2) is 0 Å². The van der Waals surface area contributed by atoms with Crippen LogP contribution in [0.15, 0.2) is 22.8 Å². The average Bonchev–Trinajstić information content (AvgIpc) is 2.93. The molecule has 0 amide bonds. The van der Waals surface area contributed by atoms with Crippen molar-refractivity contribution in [3.05, 3.63) is 24.2 Å². The zero-order valence-electron chi connectivity index (χ0n) is 7.93. The van der Waals surface area contributed by atoms with E-state index < -0.39 is 6.10 Å². The van der Waals surface area contributed by atoms with Gasteiger partial charge in [0.2, 0.25) is 0 Å². The minimum absolute atomic E-state index is 0.236. The topological polar surface area (TPSA) is 42.6 Å². The Labute approximate surface area is 82.7 Å². The molecule has 1 N–H and O–H groups in total. The summed E-state index contributed by atoms with van der Waals surface area (Å²) in [6.45, 7) is 0. The molecule has 1 aromatic heterocycles. The van der Waals surface area contributed by atoms with E-state index in [2.05, 4.69) is 0 Å². The SMILES string of the molecule is OC(c1ccco1)C1CC2CCC1O2. The van der Waals surface area contributed by atoms with Gasteiger partial charge in [0, 0.05) is 5.92 Å². The standard InChI is InChI=1S/C11H14O3/c12-11(10-2-1-5-13-10)8-6-7-3-4-9(8)14-7/h1-2,5,7-9,11-12H,3-4,6H2. The third-order valence-electron chi connectivity index (χ3n) is 3.39. The van der Waals surface area contributed by atoms with E-state index in [9.17, 15) is 5.11 Å². The Morgan fingerprint density at radius 1 is 1.43 bits per heavy atom. The number of aliphatic hydroxyl groups excluding tert-OH is 1. The van der Waals surface area contributed by atoms with Crippen LogP contribution in [0.25, 0.3) is 0 Å². The molecule has 0 aliphatic carbocycles. The molecule has 76 valence electrons. The molecule has 0 aromatic carbocycles. The Kier molecular flexibility index (Phi) is 1.89. The highest BCUT2D eigenvalue weighted by Gasteiger charge is 2.44. The van der Waals surface area contributed by atoms with Gasteiger partial charge in [-0.25, -0.2) is 0 Å². The quantitative estimate of drug-likeness (QED) is 0.781. The molecule has 2 fully saturated rings. The molecule has 0 radical (unpaired) electrons. The van der Waals surface area contributed by atoms with Crippen molar-refractivity contribution >= 4 is 0 Å². The van der Waals surface area contributed by atoms with Crippen molar-refractivity contribution in [3.63, 3.8) is 0 Å². The van der Waals surface area contributed by atoms with E-state index in [1.54, 1.807) is 6.26 Å². The van der Waals surface area contributed by atoms with Crippen LogP contribution in [0.5, 0.6) is 0 Å². The molecule has 3 heteroatoms. The number of aliphatic hydroxyl groups is 1. The van der Waals surface area contributed by atoms with Gasteiger partial charge in [0.25, 0.3) is 0 Å². The van der Waals surface area contributed by atoms with E-state index in [0.29, 0.717) is 11.9 Å². The van der Waals surface area contributed by atoms with Gasteiger partial charge in [-0.05, 0) is 31.4 Å². The maximum Gasteiger partial charge on any atom is 0.132 e. The van der Waals surface area contributed by atoms with Gasteiger partial charge < -0.3 is 14.3 Å². The summed E-state index contributed by atoms with van der Waals surface area (Å²) in [5.74, 6) is 0.908. The number of rotatable bonds is 2. The molecule has 1 aromatic rings. The summed E-state index contributed by atoms with van der Waals surface area (Å²) in [5, 5.41) is 10.1. The summed E-state index contributed by atoms with van der Waals surface area (Å²) in [7, 11) is 0. The zero-order chi connectivity index (χ0) is 9.54. The lowest BCUT2D eigenvalue weighted by Crippen LogP contribution is -2.23. The van der Waals surface area contributed by atoms with Crippen LogP contribution in [-0.2, 0) is 4.74 Å². The van der Waals surface area contributed by atoms with Crippen LogP contribution in [0.3, 0.4) is 0 Å². The number of furan rings is 1. The third-order valence-corrected chi connectivity index (χ3v) is 3.39. The number of hydrogen-bond donors (Lipinski definition) is 1. The van der Waals surface area contributed by atoms with Crippen molar-refractivity contribution in [1.29, 1.82) is 0 Å². The molecule has 2 aliphatic heterocycles. The number of fused-ring (bicyclic) bond motifs is 2. The average molecular weight is 194 g/mol. The summed E-state index contributed by atoms with van der Waals surface area (Å²) in [4.78, 5) is 0. The summed E-state index contributed by atoms with van der Waals surface area (Å²) in [6, 6.07) is 3.64. The molecule has 3 rings (SSSR count). The predicted octanol–water partition coefficient (Wildman–Crippen LogP) is 1.88. The van der Waals surface area contributed by atoms with Crippen molar-refractivity contribution in [2.24, 2.45) is 5.92 Å². The second kappa shape index (κ2) is 3.11. The van der Waals surface area contributed by atoms with Crippen LogP contribution in [-0.4, -0.2) is 17.3 Å². The first kappa shape index (κ1) is 8.50. The molecule has 0 saturated carbocycles. The second-order valence-corrected chi connectivity index (χ2v) is 4.23.